The number of carbonyl (C=O) groups is 2. The number of nitro groups is 1. The summed E-state index contributed by atoms with van der Waals surface area (Å²) in [4.78, 5) is 38.4. The topological polar surface area (TPSA) is 117 Å². The average molecular weight is 467 g/mol. The molecule has 1 aromatic carbocycles. The smallest absolute Gasteiger partial charge is 0.340 e. The number of carbonyl (C=O) groups excluding carboxylic acids is 2. The number of Topliss-reactive ketones (excluding diaryl/α,β-unsaturated/α-hetero) is 1. The van der Waals surface area contributed by atoms with Gasteiger partial charge in [0.2, 0.25) is 5.78 Å². The molecule has 178 valence electrons. The quantitative estimate of drug-likeness (QED) is 0.214. The highest BCUT2D eigenvalue weighted by Crippen LogP contribution is 2.27. The molecule has 34 heavy (non-hydrogen) atoms. The fourth-order valence-electron chi connectivity index (χ4n) is 4.05. The van der Waals surface area contributed by atoms with Crippen molar-refractivity contribution in [2.24, 2.45) is 0 Å². The van der Waals surface area contributed by atoms with Gasteiger partial charge in [-0.05, 0) is 38.1 Å². The summed E-state index contributed by atoms with van der Waals surface area (Å²) in [6, 6.07) is 9.47. The van der Waals surface area contributed by atoms with Crippen molar-refractivity contribution in [3.63, 3.8) is 0 Å². The molecule has 0 radical (unpaired) electrons. The number of aromatic nitrogens is 1. The number of hydrogen-bond acceptors (Lipinski definition) is 8. The third-order valence-corrected chi connectivity index (χ3v) is 5.87. The van der Waals surface area contributed by atoms with Crippen LogP contribution in [0.3, 0.4) is 0 Å². The molecule has 0 saturated carbocycles. The zero-order valence-corrected chi connectivity index (χ0v) is 19.0. The Morgan fingerprint density at radius 2 is 1.88 bits per heavy atom. The molecule has 1 aliphatic rings. The highest BCUT2D eigenvalue weighted by molar-refractivity contribution is 6.02. The van der Waals surface area contributed by atoms with Crippen LogP contribution in [0, 0.1) is 24.0 Å². The summed E-state index contributed by atoms with van der Waals surface area (Å²) in [5.74, 6) is -0.387. The maximum atomic E-state index is 12.9. The van der Waals surface area contributed by atoms with Gasteiger partial charge in [0, 0.05) is 42.2 Å². The molecule has 1 aliphatic heterocycles. The second kappa shape index (κ2) is 9.92. The highest BCUT2D eigenvalue weighted by atomic mass is 16.6. The number of ether oxygens (including phenoxy) is 2. The van der Waals surface area contributed by atoms with E-state index in [1.807, 2.05) is 29.4 Å². The number of rotatable bonds is 8. The molecule has 10 heteroatoms. The largest absolute Gasteiger partial charge is 0.467 e. The Morgan fingerprint density at radius 1 is 1.12 bits per heavy atom. The fraction of sp³-hybridized carbons (Fsp3) is 0.333. The van der Waals surface area contributed by atoms with Crippen LogP contribution in [0.5, 0.6) is 0 Å². The van der Waals surface area contributed by atoms with Crippen LogP contribution in [-0.4, -0.2) is 54.2 Å². The Labute approximate surface area is 195 Å². The molecule has 3 aromatic rings. The number of ketones is 1. The molecule has 0 spiro atoms. The Morgan fingerprint density at radius 3 is 2.56 bits per heavy atom. The zero-order chi connectivity index (χ0) is 24.2. The molecule has 0 bridgehead atoms. The van der Waals surface area contributed by atoms with Gasteiger partial charge in [0.05, 0.1) is 42.2 Å². The lowest BCUT2D eigenvalue weighted by atomic mass is 10.1. The van der Waals surface area contributed by atoms with Gasteiger partial charge in [0.25, 0.3) is 5.69 Å². The first kappa shape index (κ1) is 23.2. The van der Waals surface area contributed by atoms with Crippen molar-refractivity contribution < 1.29 is 28.4 Å². The van der Waals surface area contributed by atoms with Crippen LogP contribution >= 0.6 is 0 Å². The number of anilines is 1. The molecular formula is C24H25N3O7. The van der Waals surface area contributed by atoms with E-state index in [-0.39, 0.29) is 17.0 Å². The molecule has 1 fully saturated rings. The third kappa shape index (κ3) is 4.86. The van der Waals surface area contributed by atoms with Gasteiger partial charge in [0.15, 0.2) is 6.61 Å². The summed E-state index contributed by atoms with van der Waals surface area (Å²) in [6.07, 6.45) is 1.59. The normalized spacial score (nSPS) is 13.6. The van der Waals surface area contributed by atoms with Crippen LogP contribution < -0.4 is 4.90 Å². The predicted molar refractivity (Wildman–Crippen MR) is 122 cm³/mol. The Balaban J connectivity index is 1.51. The standard InChI is InChI=1S/C24H25N3O7/c1-16-12-20(17(2)26(16)14-19-4-3-9-33-19)23(28)15-34-24(29)21-13-18(27(30)31)5-6-22(21)25-7-10-32-11-8-25/h3-6,9,12-13H,7-8,10-11,14-15H2,1-2H3. The minimum Gasteiger partial charge on any atom is -0.467 e. The van der Waals surface area contributed by atoms with Crippen LogP contribution in [0.2, 0.25) is 0 Å². The predicted octanol–water partition coefficient (Wildman–Crippen LogP) is 3.53. The summed E-state index contributed by atoms with van der Waals surface area (Å²) in [6.45, 7) is 5.76. The van der Waals surface area contributed by atoms with Crippen LogP contribution in [0.4, 0.5) is 11.4 Å². The lowest BCUT2D eigenvalue weighted by Gasteiger charge is -2.30. The van der Waals surface area contributed by atoms with Gasteiger partial charge in [-0.15, -0.1) is 0 Å². The molecule has 0 aliphatic carbocycles. The van der Waals surface area contributed by atoms with Crippen molar-refractivity contribution >= 4 is 23.1 Å². The summed E-state index contributed by atoms with van der Waals surface area (Å²) < 4.78 is 18.0. The van der Waals surface area contributed by atoms with Gasteiger partial charge < -0.3 is 23.4 Å². The lowest BCUT2D eigenvalue weighted by molar-refractivity contribution is -0.384. The van der Waals surface area contributed by atoms with Gasteiger partial charge in [-0.25, -0.2) is 4.79 Å². The molecule has 0 atom stereocenters. The van der Waals surface area contributed by atoms with E-state index < -0.39 is 17.5 Å². The van der Waals surface area contributed by atoms with E-state index in [4.69, 9.17) is 13.9 Å². The third-order valence-electron chi connectivity index (χ3n) is 5.87. The van der Waals surface area contributed by atoms with Gasteiger partial charge in [0.1, 0.15) is 5.76 Å². The number of benzene rings is 1. The first-order valence-corrected chi connectivity index (χ1v) is 10.9. The first-order valence-electron chi connectivity index (χ1n) is 10.9. The van der Waals surface area contributed by atoms with Crippen molar-refractivity contribution in [3.8, 4) is 0 Å². The number of morpholine rings is 1. The number of non-ortho nitro benzene ring substituents is 1. The number of furan rings is 1. The lowest BCUT2D eigenvalue weighted by Crippen LogP contribution is -2.37. The maximum Gasteiger partial charge on any atom is 0.340 e. The molecule has 0 amide bonds. The van der Waals surface area contributed by atoms with E-state index in [9.17, 15) is 19.7 Å². The Kier molecular flexibility index (Phi) is 6.78. The molecule has 3 heterocycles. The van der Waals surface area contributed by atoms with Crippen molar-refractivity contribution in [1.29, 1.82) is 0 Å². The zero-order valence-electron chi connectivity index (χ0n) is 19.0. The Bertz CT molecular complexity index is 1210. The molecule has 10 nitrogen and oxygen atoms in total. The Hall–Kier alpha value is -3.92. The SMILES string of the molecule is Cc1cc(C(=O)COC(=O)c2cc([N+](=O)[O-])ccc2N2CCOCC2)c(C)n1Cc1ccco1. The first-order chi connectivity index (χ1) is 16.3. The number of aryl methyl sites for hydroxylation is 1. The van der Waals surface area contributed by atoms with Crippen LogP contribution in [-0.2, 0) is 16.0 Å². The second-order valence-corrected chi connectivity index (χ2v) is 8.01. The van der Waals surface area contributed by atoms with Gasteiger partial charge in [-0.1, -0.05) is 0 Å². The number of esters is 1. The van der Waals surface area contributed by atoms with Crippen molar-refractivity contribution in [1.82, 2.24) is 4.57 Å². The number of nitro benzene ring substituents is 1. The molecular weight excluding hydrogens is 442 g/mol. The van der Waals surface area contributed by atoms with Gasteiger partial charge >= 0.3 is 5.97 Å². The van der Waals surface area contributed by atoms with Crippen molar-refractivity contribution in [2.45, 2.75) is 20.4 Å². The summed E-state index contributed by atoms with van der Waals surface area (Å²) >= 11 is 0. The van der Waals surface area contributed by atoms with E-state index in [1.165, 1.54) is 18.2 Å². The van der Waals surface area contributed by atoms with E-state index in [0.29, 0.717) is 44.1 Å². The minimum atomic E-state index is -0.789. The van der Waals surface area contributed by atoms with E-state index in [0.717, 1.165) is 17.1 Å². The maximum absolute atomic E-state index is 12.9. The monoisotopic (exact) mass is 467 g/mol. The molecule has 0 unspecified atom stereocenters. The minimum absolute atomic E-state index is 0.0483. The molecule has 0 N–H and O–H groups in total. The van der Waals surface area contributed by atoms with Crippen molar-refractivity contribution in [3.05, 3.63) is 81.1 Å². The summed E-state index contributed by atoms with van der Waals surface area (Å²) in [5, 5.41) is 11.3. The molecule has 4 rings (SSSR count). The summed E-state index contributed by atoms with van der Waals surface area (Å²) in [7, 11) is 0. The fourth-order valence-corrected chi connectivity index (χ4v) is 4.05. The van der Waals surface area contributed by atoms with E-state index >= 15 is 0 Å². The van der Waals surface area contributed by atoms with Crippen LogP contribution in [0.25, 0.3) is 0 Å². The average Bonchev–Trinajstić information content (AvgIpc) is 3.46. The summed E-state index contributed by atoms with van der Waals surface area (Å²) in [5.41, 5.74) is 2.40. The highest BCUT2D eigenvalue weighted by Gasteiger charge is 2.24. The number of nitrogens with zero attached hydrogens (tertiary/aromatic N) is 3. The van der Waals surface area contributed by atoms with Crippen molar-refractivity contribution in [2.75, 3.05) is 37.8 Å². The number of hydrogen-bond donors (Lipinski definition) is 0. The van der Waals surface area contributed by atoms with E-state index in [1.54, 1.807) is 18.4 Å². The second-order valence-electron chi connectivity index (χ2n) is 8.01. The van der Waals surface area contributed by atoms with Crippen LogP contribution in [0.15, 0.2) is 47.1 Å². The molecule has 2 aromatic heterocycles. The van der Waals surface area contributed by atoms with E-state index in [2.05, 4.69) is 0 Å². The van der Waals surface area contributed by atoms with Gasteiger partial charge in [-0.2, -0.15) is 0 Å². The van der Waals surface area contributed by atoms with Gasteiger partial charge in [-0.3, -0.25) is 14.9 Å². The molecule has 1 saturated heterocycles. The van der Waals surface area contributed by atoms with Crippen LogP contribution in [0.1, 0.15) is 37.9 Å².